The van der Waals surface area contributed by atoms with Crippen LogP contribution in [0.3, 0.4) is 0 Å². The summed E-state index contributed by atoms with van der Waals surface area (Å²) in [7, 11) is 0. The van der Waals surface area contributed by atoms with E-state index in [1.807, 2.05) is 0 Å². The molecule has 10 heteroatoms. The molecular weight excluding hydrogens is 328 g/mol. The molecule has 1 saturated heterocycles. The molecule has 136 valence electrons. The Bertz CT molecular complexity index is 502. The quantitative estimate of drug-likeness (QED) is 0.490. The normalized spacial score (nSPS) is 29.3. The number of aliphatic hydroxyl groups is 1. The van der Waals surface area contributed by atoms with Gasteiger partial charge in [-0.25, -0.2) is 0 Å². The lowest BCUT2D eigenvalue weighted by Gasteiger charge is -2.43. The summed E-state index contributed by atoms with van der Waals surface area (Å²) in [5, 5.41) is 9.44. The minimum absolute atomic E-state index is 0.625. The zero-order valence-corrected chi connectivity index (χ0v) is 13.7. The maximum absolute atomic E-state index is 11.4. The SMILES string of the molecule is CC(=O)OC1OC(CO)C(OC(C)=O)C(OC(C)=O)C1OC(C)=O. The van der Waals surface area contributed by atoms with Gasteiger partial charge in [-0.2, -0.15) is 0 Å². The van der Waals surface area contributed by atoms with Gasteiger partial charge in [-0.1, -0.05) is 0 Å². The van der Waals surface area contributed by atoms with Crippen LogP contribution >= 0.6 is 0 Å². The fourth-order valence-electron chi connectivity index (χ4n) is 2.26. The lowest BCUT2D eigenvalue weighted by Crippen LogP contribution is -2.62. The lowest BCUT2D eigenvalue weighted by atomic mass is 9.98. The average molecular weight is 348 g/mol. The van der Waals surface area contributed by atoms with Gasteiger partial charge in [0.2, 0.25) is 12.4 Å². The van der Waals surface area contributed by atoms with E-state index in [0.717, 1.165) is 27.7 Å². The molecule has 0 bridgehead atoms. The molecule has 0 saturated carbocycles. The van der Waals surface area contributed by atoms with E-state index in [4.69, 9.17) is 23.7 Å². The minimum atomic E-state index is -1.44. The Balaban J connectivity index is 3.23. The molecule has 1 heterocycles. The smallest absolute Gasteiger partial charge is 0.305 e. The Morgan fingerprint density at radius 3 is 1.58 bits per heavy atom. The van der Waals surface area contributed by atoms with Gasteiger partial charge < -0.3 is 28.8 Å². The van der Waals surface area contributed by atoms with Crippen LogP contribution in [0.4, 0.5) is 0 Å². The summed E-state index contributed by atoms with van der Waals surface area (Å²) < 4.78 is 25.4. The van der Waals surface area contributed by atoms with E-state index in [1.165, 1.54) is 0 Å². The third kappa shape index (κ3) is 5.46. The number of hydrogen-bond acceptors (Lipinski definition) is 10. The topological polar surface area (TPSA) is 135 Å². The Kier molecular flexibility index (Phi) is 7.11. The second-order valence-electron chi connectivity index (χ2n) is 5.06. The predicted molar refractivity (Wildman–Crippen MR) is 74.2 cm³/mol. The van der Waals surface area contributed by atoms with E-state index in [2.05, 4.69) is 0 Å². The average Bonchev–Trinajstić information content (AvgIpc) is 2.42. The zero-order valence-electron chi connectivity index (χ0n) is 13.7. The largest absolute Gasteiger partial charge is 0.456 e. The second kappa shape index (κ2) is 8.60. The van der Waals surface area contributed by atoms with Crippen LogP contribution in [0.25, 0.3) is 0 Å². The molecule has 1 fully saturated rings. The van der Waals surface area contributed by atoms with Crippen LogP contribution in [0.15, 0.2) is 0 Å². The van der Waals surface area contributed by atoms with Crippen molar-refractivity contribution in [3.63, 3.8) is 0 Å². The number of aliphatic hydroxyl groups excluding tert-OH is 1. The van der Waals surface area contributed by atoms with Crippen LogP contribution in [0.5, 0.6) is 0 Å². The number of hydrogen-bond donors (Lipinski definition) is 1. The molecule has 0 amide bonds. The standard InChI is InChI=1S/C14H20O10/c1-6(16)20-11-10(5-15)24-14(23-9(4)19)13(22-8(3)18)12(11)21-7(2)17/h10-15H,5H2,1-4H3. The monoisotopic (exact) mass is 348 g/mol. The fraction of sp³-hybridized carbons (Fsp3) is 0.714. The highest BCUT2D eigenvalue weighted by Gasteiger charge is 2.53. The van der Waals surface area contributed by atoms with Gasteiger partial charge >= 0.3 is 23.9 Å². The Hall–Kier alpha value is -2.20. The van der Waals surface area contributed by atoms with Crippen molar-refractivity contribution in [3.05, 3.63) is 0 Å². The number of ether oxygens (including phenoxy) is 5. The minimum Gasteiger partial charge on any atom is -0.456 e. The number of carbonyl (C=O) groups excluding carboxylic acids is 4. The molecule has 0 aliphatic carbocycles. The molecule has 5 unspecified atom stereocenters. The Morgan fingerprint density at radius 2 is 1.17 bits per heavy atom. The molecule has 1 N–H and O–H groups in total. The Labute approximate surface area is 137 Å². The first-order valence-corrected chi connectivity index (χ1v) is 7.11. The van der Waals surface area contributed by atoms with E-state index in [1.54, 1.807) is 0 Å². The van der Waals surface area contributed by atoms with Gasteiger partial charge in [0.25, 0.3) is 0 Å². The van der Waals surface area contributed by atoms with Gasteiger partial charge in [0.05, 0.1) is 6.61 Å². The number of rotatable bonds is 5. The first kappa shape index (κ1) is 19.8. The molecular formula is C14H20O10. The van der Waals surface area contributed by atoms with Crippen LogP contribution in [-0.4, -0.2) is 66.3 Å². The maximum Gasteiger partial charge on any atom is 0.305 e. The van der Waals surface area contributed by atoms with Crippen LogP contribution < -0.4 is 0 Å². The van der Waals surface area contributed by atoms with Gasteiger partial charge in [-0.15, -0.1) is 0 Å². The van der Waals surface area contributed by atoms with Gasteiger partial charge in [-0.05, 0) is 0 Å². The molecule has 1 aliphatic rings. The molecule has 0 aromatic heterocycles. The number of carbonyl (C=O) groups is 4. The van der Waals surface area contributed by atoms with Crippen molar-refractivity contribution in [1.82, 2.24) is 0 Å². The lowest BCUT2D eigenvalue weighted by molar-refractivity contribution is -0.299. The summed E-state index contributed by atoms with van der Waals surface area (Å²) in [4.78, 5) is 45.3. The maximum atomic E-state index is 11.4. The summed E-state index contributed by atoms with van der Waals surface area (Å²) in [5.41, 5.74) is 0. The fourth-order valence-corrected chi connectivity index (χ4v) is 2.26. The van der Waals surface area contributed by atoms with Crippen molar-refractivity contribution in [1.29, 1.82) is 0 Å². The molecule has 0 aromatic carbocycles. The summed E-state index contributed by atoms with van der Waals surface area (Å²) in [6.45, 7) is 3.77. The highest BCUT2D eigenvalue weighted by molar-refractivity contribution is 5.69. The van der Waals surface area contributed by atoms with E-state index in [0.29, 0.717) is 0 Å². The second-order valence-corrected chi connectivity index (χ2v) is 5.06. The predicted octanol–water partition coefficient (Wildman–Crippen LogP) is -0.938. The summed E-state index contributed by atoms with van der Waals surface area (Å²) >= 11 is 0. The van der Waals surface area contributed by atoms with Gasteiger partial charge in [0.1, 0.15) is 6.10 Å². The molecule has 0 aromatic rings. The van der Waals surface area contributed by atoms with Crippen molar-refractivity contribution in [2.45, 2.75) is 58.4 Å². The van der Waals surface area contributed by atoms with E-state index in [9.17, 15) is 24.3 Å². The Morgan fingerprint density at radius 1 is 0.750 bits per heavy atom. The van der Waals surface area contributed by atoms with Crippen molar-refractivity contribution < 1.29 is 48.0 Å². The summed E-state index contributed by atoms with van der Waals surface area (Å²) in [5.74, 6) is -3.00. The molecule has 10 nitrogen and oxygen atoms in total. The van der Waals surface area contributed by atoms with Crippen LogP contribution in [0.2, 0.25) is 0 Å². The first-order valence-electron chi connectivity index (χ1n) is 7.11. The number of esters is 4. The van der Waals surface area contributed by atoms with Gasteiger partial charge in [0, 0.05) is 27.7 Å². The third-order valence-corrected chi connectivity index (χ3v) is 2.96. The van der Waals surface area contributed by atoms with E-state index in [-0.39, 0.29) is 0 Å². The summed E-state index contributed by atoms with van der Waals surface area (Å²) in [6.07, 6.45) is -6.56. The van der Waals surface area contributed by atoms with Crippen molar-refractivity contribution in [2.75, 3.05) is 6.61 Å². The van der Waals surface area contributed by atoms with E-state index < -0.39 is 61.2 Å². The molecule has 24 heavy (non-hydrogen) atoms. The first-order chi connectivity index (χ1) is 11.1. The molecule has 1 aliphatic heterocycles. The van der Waals surface area contributed by atoms with Crippen molar-refractivity contribution >= 4 is 23.9 Å². The molecule has 0 radical (unpaired) electrons. The van der Waals surface area contributed by atoms with Crippen LogP contribution in [-0.2, 0) is 42.9 Å². The molecule has 5 atom stereocenters. The van der Waals surface area contributed by atoms with E-state index >= 15 is 0 Å². The van der Waals surface area contributed by atoms with Gasteiger partial charge in [-0.3, -0.25) is 19.2 Å². The van der Waals surface area contributed by atoms with Crippen LogP contribution in [0, 0.1) is 0 Å². The third-order valence-electron chi connectivity index (χ3n) is 2.96. The molecule has 1 rings (SSSR count). The highest BCUT2D eigenvalue weighted by atomic mass is 16.7. The molecule has 0 spiro atoms. The highest BCUT2D eigenvalue weighted by Crippen LogP contribution is 2.29. The zero-order chi connectivity index (χ0) is 18.4. The van der Waals surface area contributed by atoms with Crippen molar-refractivity contribution in [2.24, 2.45) is 0 Å². The van der Waals surface area contributed by atoms with Crippen LogP contribution in [0.1, 0.15) is 27.7 Å². The van der Waals surface area contributed by atoms with Crippen molar-refractivity contribution in [3.8, 4) is 0 Å². The van der Waals surface area contributed by atoms with Gasteiger partial charge in [0.15, 0.2) is 12.2 Å². The summed E-state index contributed by atoms with van der Waals surface area (Å²) in [6, 6.07) is 0.